The highest BCUT2D eigenvalue weighted by Gasteiger charge is 2.18. The van der Waals surface area contributed by atoms with Gasteiger partial charge in [-0.2, -0.15) is 5.26 Å². The van der Waals surface area contributed by atoms with Gasteiger partial charge in [-0.25, -0.2) is 4.85 Å². The van der Waals surface area contributed by atoms with Gasteiger partial charge in [-0.15, -0.1) is 0 Å². The van der Waals surface area contributed by atoms with Crippen molar-refractivity contribution in [1.82, 2.24) is 9.13 Å². The number of aromatic nitrogens is 2. The summed E-state index contributed by atoms with van der Waals surface area (Å²) < 4.78 is 4.57. The zero-order valence-electron chi connectivity index (χ0n) is 25.8. The molecule has 0 aliphatic heterocycles. The van der Waals surface area contributed by atoms with Crippen molar-refractivity contribution >= 4 is 49.3 Å². The van der Waals surface area contributed by atoms with Gasteiger partial charge in [0.15, 0.2) is 5.69 Å². The van der Waals surface area contributed by atoms with E-state index in [1.54, 1.807) is 0 Å². The maximum absolute atomic E-state index is 9.95. The molecule has 4 heteroatoms. The number of nitrogens with zero attached hydrogens (tertiary/aromatic N) is 4. The van der Waals surface area contributed by atoms with Gasteiger partial charge in [0.25, 0.3) is 0 Å². The Labute approximate surface area is 277 Å². The first kappa shape index (κ1) is 27.4. The zero-order chi connectivity index (χ0) is 32.2. The van der Waals surface area contributed by atoms with Gasteiger partial charge in [-0.05, 0) is 77.4 Å². The third kappa shape index (κ3) is 4.22. The van der Waals surface area contributed by atoms with Crippen molar-refractivity contribution in [1.29, 1.82) is 5.26 Å². The molecule has 0 N–H and O–H groups in total. The number of fused-ring (bicyclic) bond motifs is 6. The van der Waals surface area contributed by atoms with Crippen LogP contribution in [-0.4, -0.2) is 9.13 Å². The van der Waals surface area contributed by atoms with Crippen molar-refractivity contribution in [2.75, 3.05) is 0 Å². The molecule has 48 heavy (non-hydrogen) atoms. The predicted molar refractivity (Wildman–Crippen MR) is 197 cm³/mol. The minimum absolute atomic E-state index is 0.590. The van der Waals surface area contributed by atoms with E-state index in [4.69, 9.17) is 6.57 Å². The molecule has 0 unspecified atom stereocenters. The highest BCUT2D eigenvalue weighted by molar-refractivity contribution is 6.11. The first-order valence-corrected chi connectivity index (χ1v) is 15.9. The van der Waals surface area contributed by atoms with Crippen LogP contribution in [0.4, 0.5) is 5.69 Å². The lowest BCUT2D eigenvalue weighted by molar-refractivity contribution is 1.18. The second-order valence-corrected chi connectivity index (χ2v) is 12.0. The first-order chi connectivity index (χ1) is 23.7. The molecular weight excluding hydrogens is 585 g/mol. The molecule has 9 rings (SSSR count). The third-order valence-electron chi connectivity index (χ3n) is 9.34. The van der Waals surface area contributed by atoms with Crippen LogP contribution in [0.5, 0.6) is 0 Å². The fraction of sp³-hybridized carbons (Fsp3) is 0. The number of para-hydroxylation sites is 3. The van der Waals surface area contributed by atoms with Crippen LogP contribution in [0.25, 0.3) is 82.1 Å². The predicted octanol–water partition coefficient (Wildman–Crippen LogP) is 11.6. The molecule has 0 aliphatic rings. The van der Waals surface area contributed by atoms with E-state index in [1.807, 2.05) is 48.5 Å². The summed E-state index contributed by atoms with van der Waals surface area (Å²) in [4.78, 5) is 3.73. The van der Waals surface area contributed by atoms with E-state index < -0.39 is 0 Å². The summed E-state index contributed by atoms with van der Waals surface area (Å²) in [6.45, 7) is 7.68. The van der Waals surface area contributed by atoms with Crippen molar-refractivity contribution in [2.24, 2.45) is 0 Å². The second-order valence-electron chi connectivity index (χ2n) is 12.0. The van der Waals surface area contributed by atoms with Crippen LogP contribution in [0.1, 0.15) is 5.56 Å². The largest absolute Gasteiger partial charge is 0.310 e. The summed E-state index contributed by atoms with van der Waals surface area (Å²) in [7, 11) is 0. The fourth-order valence-corrected chi connectivity index (χ4v) is 7.21. The smallest absolute Gasteiger partial charge is 0.189 e. The molecule has 222 valence electrons. The average molecular weight is 611 g/mol. The van der Waals surface area contributed by atoms with Crippen LogP contribution in [-0.2, 0) is 0 Å². The second kappa shape index (κ2) is 10.9. The average Bonchev–Trinajstić information content (AvgIpc) is 3.67. The molecule has 0 aliphatic carbocycles. The van der Waals surface area contributed by atoms with Crippen molar-refractivity contribution in [3.8, 4) is 39.7 Å². The summed E-state index contributed by atoms with van der Waals surface area (Å²) in [5.74, 6) is 0. The van der Waals surface area contributed by atoms with Gasteiger partial charge < -0.3 is 9.13 Å². The Bertz CT molecular complexity index is 2760. The number of benzene rings is 7. The summed E-state index contributed by atoms with van der Waals surface area (Å²) in [5.41, 5.74) is 11.8. The van der Waals surface area contributed by atoms with Crippen molar-refractivity contribution in [2.45, 2.75) is 0 Å². The Morgan fingerprint density at radius 1 is 0.479 bits per heavy atom. The lowest BCUT2D eigenvalue weighted by Gasteiger charge is -2.16. The van der Waals surface area contributed by atoms with Gasteiger partial charge in [-0.1, -0.05) is 97.1 Å². The van der Waals surface area contributed by atoms with Crippen molar-refractivity contribution in [3.63, 3.8) is 0 Å². The SMILES string of the molecule is [C-]#[N+]c1ccc2c3ccccc3n(-c3ccc(C#N)cc3-c3cccc(-c4cccc(-n5c6ccccc6c6ccccc65)c4)c3)c2c1. The lowest BCUT2D eigenvalue weighted by Crippen LogP contribution is -1.98. The highest BCUT2D eigenvalue weighted by Crippen LogP contribution is 2.39. The number of nitriles is 1. The molecule has 0 atom stereocenters. The first-order valence-electron chi connectivity index (χ1n) is 15.9. The minimum atomic E-state index is 0.590. The van der Waals surface area contributed by atoms with Crippen LogP contribution in [0.3, 0.4) is 0 Å². The molecule has 7 aromatic carbocycles. The summed E-state index contributed by atoms with van der Waals surface area (Å²) in [6.07, 6.45) is 0. The van der Waals surface area contributed by atoms with Crippen LogP contribution in [0.15, 0.2) is 158 Å². The fourth-order valence-electron chi connectivity index (χ4n) is 7.21. The Hall–Kier alpha value is -6.88. The van der Waals surface area contributed by atoms with Crippen LogP contribution in [0.2, 0.25) is 0 Å². The van der Waals surface area contributed by atoms with E-state index in [0.717, 1.165) is 55.4 Å². The molecule has 0 saturated carbocycles. The maximum atomic E-state index is 9.95. The van der Waals surface area contributed by atoms with Gasteiger partial charge >= 0.3 is 0 Å². The number of hydrogen-bond acceptors (Lipinski definition) is 1. The third-order valence-corrected chi connectivity index (χ3v) is 9.34. The van der Waals surface area contributed by atoms with Gasteiger partial charge in [0.2, 0.25) is 0 Å². The molecule has 0 radical (unpaired) electrons. The monoisotopic (exact) mass is 610 g/mol. The lowest BCUT2D eigenvalue weighted by atomic mass is 9.96. The van der Waals surface area contributed by atoms with Gasteiger partial charge in [0.05, 0.1) is 40.4 Å². The summed E-state index contributed by atoms with van der Waals surface area (Å²) in [5, 5.41) is 14.6. The normalized spacial score (nSPS) is 11.3. The molecule has 0 amide bonds. The van der Waals surface area contributed by atoms with Gasteiger partial charge in [-0.3, -0.25) is 0 Å². The van der Waals surface area contributed by atoms with E-state index in [-0.39, 0.29) is 0 Å². The van der Waals surface area contributed by atoms with E-state index in [1.165, 1.54) is 21.8 Å². The van der Waals surface area contributed by atoms with Gasteiger partial charge in [0, 0.05) is 38.3 Å². The topological polar surface area (TPSA) is 38.0 Å². The van der Waals surface area contributed by atoms with Crippen LogP contribution >= 0.6 is 0 Å². The summed E-state index contributed by atoms with van der Waals surface area (Å²) >= 11 is 0. The van der Waals surface area contributed by atoms with Crippen molar-refractivity contribution < 1.29 is 0 Å². The molecule has 0 spiro atoms. The molecule has 0 fully saturated rings. The molecule has 0 bridgehead atoms. The number of hydrogen-bond donors (Lipinski definition) is 0. The molecule has 0 saturated heterocycles. The zero-order valence-corrected chi connectivity index (χ0v) is 25.8. The Kier molecular flexibility index (Phi) is 6.22. The minimum Gasteiger partial charge on any atom is -0.310 e. The quantitative estimate of drug-likeness (QED) is 0.183. The van der Waals surface area contributed by atoms with E-state index >= 15 is 0 Å². The van der Waals surface area contributed by atoms with E-state index in [0.29, 0.717) is 11.3 Å². The molecule has 2 heterocycles. The molecule has 4 nitrogen and oxygen atoms in total. The van der Waals surface area contributed by atoms with E-state index in [9.17, 15) is 5.26 Å². The Balaban J connectivity index is 1.23. The molecule has 2 aromatic heterocycles. The standard InChI is InChI=1S/C44H26N4/c1-46-33-21-22-38-37-16-4-7-19-42(37)48(44(38)27-33)43-23-20-29(28-45)24-39(43)32-12-8-10-30(25-32)31-11-9-13-34(26-31)47-40-17-5-2-14-35(40)36-15-3-6-18-41(36)47/h2-27H. The van der Waals surface area contributed by atoms with Gasteiger partial charge in [0.1, 0.15) is 0 Å². The Morgan fingerprint density at radius 3 is 1.73 bits per heavy atom. The molecule has 9 aromatic rings. The van der Waals surface area contributed by atoms with Crippen LogP contribution in [0, 0.1) is 17.9 Å². The summed E-state index contributed by atoms with van der Waals surface area (Å²) in [6, 6.07) is 56.8. The maximum Gasteiger partial charge on any atom is 0.189 e. The highest BCUT2D eigenvalue weighted by atomic mass is 15.0. The van der Waals surface area contributed by atoms with Crippen molar-refractivity contribution in [3.05, 3.63) is 175 Å². The number of rotatable bonds is 4. The Morgan fingerprint density at radius 2 is 1.06 bits per heavy atom. The molecular formula is C44H26N4. The van der Waals surface area contributed by atoms with E-state index in [2.05, 4.69) is 129 Å². The van der Waals surface area contributed by atoms with Crippen LogP contribution < -0.4 is 0 Å².